The molecule has 0 amide bonds. The maximum Gasteiger partial charge on any atom is 0.298 e. The highest BCUT2D eigenvalue weighted by Gasteiger charge is 2.54. The molecule has 0 atom stereocenters. The van der Waals surface area contributed by atoms with Gasteiger partial charge in [0.25, 0.3) is 11.5 Å². The Kier molecular flexibility index (Phi) is 8.02. The third-order valence-electron chi connectivity index (χ3n) is 9.69. The number of methoxy groups -OCH3 is 1. The Bertz CT molecular complexity index is 1790. The zero-order valence-electron chi connectivity index (χ0n) is 25.8. The summed E-state index contributed by atoms with van der Waals surface area (Å²) >= 11 is 0. The van der Waals surface area contributed by atoms with Gasteiger partial charge in [0.2, 0.25) is 0 Å². The lowest BCUT2D eigenvalue weighted by Crippen LogP contribution is -2.53. The van der Waals surface area contributed by atoms with Crippen LogP contribution in [0.25, 0.3) is 10.9 Å². The number of nitrogens with one attached hydrogen (secondary N) is 1. The standard InChI is InChI=1S/C31H38F3N5O5S/c1-19-36-26-22(12-24(39(3)28(26)40)30(43-4)10-8-29(9-11-30)17-45(41,42)18-29)27(37-19)35-13-20-6-5-7-23(25(20)32)31(33,34)16-44-21-14-38(2)15-21/h5-7,12,21H,8-11,13-18H2,1-4H3,(H,35,36,37). The summed E-state index contributed by atoms with van der Waals surface area (Å²) < 4.78 is 82.3. The van der Waals surface area contributed by atoms with Gasteiger partial charge in [-0.1, -0.05) is 12.1 Å². The molecule has 0 unspecified atom stereocenters. The summed E-state index contributed by atoms with van der Waals surface area (Å²) in [5.74, 6) is -3.65. The van der Waals surface area contributed by atoms with E-state index in [1.165, 1.54) is 16.7 Å². The number of pyridine rings is 1. The molecule has 10 nitrogen and oxygen atoms in total. The first-order chi connectivity index (χ1) is 21.2. The first kappa shape index (κ1) is 31.9. The van der Waals surface area contributed by atoms with E-state index >= 15 is 13.2 Å². The van der Waals surface area contributed by atoms with Gasteiger partial charge in [-0.3, -0.25) is 4.79 Å². The van der Waals surface area contributed by atoms with Crippen molar-refractivity contribution in [3.05, 3.63) is 63.1 Å². The van der Waals surface area contributed by atoms with Crippen molar-refractivity contribution >= 4 is 26.6 Å². The van der Waals surface area contributed by atoms with E-state index in [-0.39, 0.29) is 52.0 Å². The Labute approximate surface area is 259 Å². The molecular formula is C31H38F3N5O5S. The third-order valence-corrected chi connectivity index (χ3v) is 11.8. The predicted molar refractivity (Wildman–Crippen MR) is 163 cm³/mol. The molecule has 2 saturated heterocycles. The van der Waals surface area contributed by atoms with Gasteiger partial charge in [-0.2, -0.15) is 8.78 Å². The van der Waals surface area contributed by atoms with Gasteiger partial charge < -0.3 is 24.3 Å². The fraction of sp³-hybridized carbons (Fsp3) is 0.581. The van der Waals surface area contributed by atoms with Crippen LogP contribution in [-0.4, -0.2) is 79.3 Å². The highest BCUT2D eigenvalue weighted by Crippen LogP contribution is 2.52. The highest BCUT2D eigenvalue weighted by molar-refractivity contribution is 7.92. The lowest BCUT2D eigenvalue weighted by molar-refractivity contribution is -0.134. The number of hydrogen-bond donors (Lipinski definition) is 1. The average molecular weight is 650 g/mol. The van der Waals surface area contributed by atoms with E-state index in [1.54, 1.807) is 27.1 Å². The Morgan fingerprint density at radius 1 is 1.11 bits per heavy atom. The number of aryl methyl sites for hydroxylation is 1. The molecule has 3 aliphatic rings. The van der Waals surface area contributed by atoms with Crippen LogP contribution in [0.4, 0.5) is 19.0 Å². The van der Waals surface area contributed by atoms with Crippen LogP contribution in [0.5, 0.6) is 0 Å². The van der Waals surface area contributed by atoms with E-state index < -0.39 is 39.3 Å². The zero-order chi connectivity index (χ0) is 32.4. The number of benzene rings is 1. The average Bonchev–Trinajstić information content (AvgIpc) is 2.96. The minimum atomic E-state index is -3.52. The summed E-state index contributed by atoms with van der Waals surface area (Å²) in [6.45, 7) is 1.64. The van der Waals surface area contributed by atoms with Gasteiger partial charge in [-0.05, 0) is 57.2 Å². The normalized spacial score (nSPS) is 21.0. The van der Waals surface area contributed by atoms with Crippen molar-refractivity contribution in [2.75, 3.05) is 50.7 Å². The van der Waals surface area contributed by atoms with Crippen LogP contribution < -0.4 is 10.9 Å². The first-order valence-electron chi connectivity index (χ1n) is 15.0. The lowest BCUT2D eigenvalue weighted by Gasteiger charge is -2.50. The maximum atomic E-state index is 15.5. The van der Waals surface area contributed by atoms with Gasteiger partial charge in [0.15, 0.2) is 9.84 Å². The smallest absolute Gasteiger partial charge is 0.298 e. The van der Waals surface area contributed by atoms with E-state index in [4.69, 9.17) is 9.47 Å². The highest BCUT2D eigenvalue weighted by atomic mass is 32.2. The third kappa shape index (κ3) is 5.85. The molecule has 244 valence electrons. The number of aromatic nitrogens is 3. The van der Waals surface area contributed by atoms with Crippen molar-refractivity contribution in [2.24, 2.45) is 12.5 Å². The lowest BCUT2D eigenvalue weighted by atomic mass is 9.69. The molecule has 6 rings (SSSR count). The number of anilines is 1. The number of sulfone groups is 1. The second kappa shape index (κ2) is 11.3. The van der Waals surface area contributed by atoms with Crippen molar-refractivity contribution in [1.82, 2.24) is 19.4 Å². The summed E-state index contributed by atoms with van der Waals surface area (Å²) in [5.41, 5.74) is -1.45. The van der Waals surface area contributed by atoms with Crippen molar-refractivity contribution in [1.29, 1.82) is 0 Å². The van der Waals surface area contributed by atoms with Crippen molar-refractivity contribution in [3.8, 4) is 0 Å². The monoisotopic (exact) mass is 649 g/mol. The van der Waals surface area contributed by atoms with Crippen molar-refractivity contribution < 1.29 is 31.1 Å². The van der Waals surface area contributed by atoms with Crippen LogP contribution in [0.1, 0.15) is 48.3 Å². The Hall–Kier alpha value is -3.07. The summed E-state index contributed by atoms with van der Waals surface area (Å²) in [5, 5.41) is 3.45. The fourth-order valence-corrected chi connectivity index (χ4v) is 9.47. The van der Waals surface area contributed by atoms with Crippen LogP contribution in [0.2, 0.25) is 0 Å². The van der Waals surface area contributed by atoms with Crippen molar-refractivity contribution in [3.63, 3.8) is 0 Å². The summed E-state index contributed by atoms with van der Waals surface area (Å²) in [4.78, 5) is 24.4. The fourth-order valence-electron chi connectivity index (χ4n) is 7.11. The number of hydrogen-bond acceptors (Lipinski definition) is 9. The summed E-state index contributed by atoms with van der Waals surface area (Å²) in [6, 6.07) is 5.65. The molecule has 3 fully saturated rings. The van der Waals surface area contributed by atoms with Crippen LogP contribution in [0.15, 0.2) is 29.1 Å². The molecule has 1 saturated carbocycles. The molecule has 1 spiro atoms. The van der Waals surface area contributed by atoms with Crippen molar-refractivity contribution in [2.45, 2.75) is 56.8 Å². The first-order valence-corrected chi connectivity index (χ1v) is 16.8. The Balaban J connectivity index is 1.28. The molecule has 2 aliphatic heterocycles. The molecular weight excluding hydrogens is 611 g/mol. The molecule has 1 aromatic carbocycles. The quantitative estimate of drug-likeness (QED) is 0.371. The molecule has 1 N–H and O–H groups in total. The number of ether oxygens (including phenoxy) is 2. The summed E-state index contributed by atoms with van der Waals surface area (Å²) in [6.07, 6.45) is 2.04. The number of likely N-dealkylation sites (tertiary alicyclic amines) is 1. The number of halogens is 3. The number of alkyl halides is 2. The van der Waals surface area contributed by atoms with Gasteiger partial charge in [0, 0.05) is 39.4 Å². The number of nitrogens with zero attached hydrogens (tertiary/aromatic N) is 4. The van der Waals surface area contributed by atoms with E-state index in [0.717, 1.165) is 6.07 Å². The molecule has 4 heterocycles. The second-order valence-electron chi connectivity index (χ2n) is 13.0. The van der Waals surface area contributed by atoms with Crippen LogP contribution in [0.3, 0.4) is 0 Å². The minimum Gasteiger partial charge on any atom is -0.372 e. The molecule has 1 aliphatic carbocycles. The molecule has 0 bridgehead atoms. The second-order valence-corrected chi connectivity index (χ2v) is 15.1. The maximum absolute atomic E-state index is 15.5. The van der Waals surface area contributed by atoms with Gasteiger partial charge >= 0.3 is 0 Å². The van der Waals surface area contributed by atoms with Crippen LogP contribution in [0, 0.1) is 18.2 Å². The van der Waals surface area contributed by atoms with Gasteiger partial charge in [0.1, 0.15) is 35.2 Å². The zero-order valence-corrected chi connectivity index (χ0v) is 26.6. The van der Waals surface area contributed by atoms with E-state index in [0.29, 0.717) is 55.7 Å². The molecule has 14 heteroatoms. The molecule has 0 radical (unpaired) electrons. The van der Waals surface area contributed by atoms with Gasteiger partial charge in [0.05, 0.1) is 34.3 Å². The minimum absolute atomic E-state index is 0.00501. The Morgan fingerprint density at radius 2 is 1.80 bits per heavy atom. The topological polar surface area (TPSA) is 116 Å². The van der Waals surface area contributed by atoms with E-state index in [2.05, 4.69) is 15.3 Å². The molecule has 3 aromatic rings. The predicted octanol–water partition coefficient (Wildman–Crippen LogP) is 3.64. The van der Waals surface area contributed by atoms with Gasteiger partial charge in [-0.25, -0.2) is 22.8 Å². The Morgan fingerprint density at radius 3 is 2.42 bits per heavy atom. The molecule has 45 heavy (non-hydrogen) atoms. The van der Waals surface area contributed by atoms with Crippen LogP contribution in [-0.2, 0) is 44.4 Å². The number of likely N-dealkylation sites (N-methyl/N-ethyl adjacent to an activating group) is 1. The van der Waals surface area contributed by atoms with E-state index in [1.807, 2.05) is 11.9 Å². The largest absolute Gasteiger partial charge is 0.372 e. The number of rotatable bonds is 9. The molecule has 2 aromatic heterocycles. The summed E-state index contributed by atoms with van der Waals surface area (Å²) in [7, 11) is 2.09. The van der Waals surface area contributed by atoms with Gasteiger partial charge in [-0.15, -0.1) is 0 Å². The SMILES string of the molecule is COC1(c2cc3c(NCc4cccc(C(F)(F)COC5CN(C)C5)c4F)nc(C)nc3c(=O)n2C)CCC2(CC1)CS(=O)(=O)C2. The number of fused-ring (bicyclic) bond motifs is 1. The van der Waals surface area contributed by atoms with Crippen LogP contribution >= 0.6 is 0 Å². The van der Waals surface area contributed by atoms with E-state index in [9.17, 15) is 13.2 Å².